The zero-order chi connectivity index (χ0) is 11.4. The molecule has 1 heterocycles. The van der Waals surface area contributed by atoms with Crippen molar-refractivity contribution in [3.05, 3.63) is 35.7 Å². The van der Waals surface area contributed by atoms with Crippen LogP contribution in [-0.4, -0.2) is 37.6 Å². The number of rotatable bonds is 2. The Hall–Kier alpha value is -1.53. The highest BCUT2D eigenvalue weighted by Crippen LogP contribution is 2.20. The average Bonchev–Trinajstić information content (AvgIpc) is 2.39. The molecule has 1 aromatic rings. The molecular weight excluding hydrogens is 198 g/mol. The standard InChI is InChI=1S/C13H17N3/c1-3-15-8-10-16(11-9-15)13-6-4-12(14-2)5-7-13/h4-7H,3,8-11H2,1H3. The van der Waals surface area contributed by atoms with E-state index in [1.165, 1.54) is 5.69 Å². The first-order valence-electron chi connectivity index (χ1n) is 5.78. The van der Waals surface area contributed by atoms with Crippen molar-refractivity contribution < 1.29 is 0 Å². The van der Waals surface area contributed by atoms with Gasteiger partial charge in [-0.2, -0.15) is 0 Å². The van der Waals surface area contributed by atoms with E-state index in [-0.39, 0.29) is 0 Å². The van der Waals surface area contributed by atoms with E-state index in [0.717, 1.165) is 38.4 Å². The van der Waals surface area contributed by atoms with Gasteiger partial charge in [-0.15, -0.1) is 0 Å². The molecule has 3 nitrogen and oxygen atoms in total. The van der Waals surface area contributed by atoms with E-state index >= 15 is 0 Å². The topological polar surface area (TPSA) is 10.8 Å². The van der Waals surface area contributed by atoms with Crippen LogP contribution in [-0.2, 0) is 0 Å². The fourth-order valence-corrected chi connectivity index (χ4v) is 2.06. The van der Waals surface area contributed by atoms with Gasteiger partial charge in [-0.25, -0.2) is 4.85 Å². The summed E-state index contributed by atoms with van der Waals surface area (Å²) in [5.41, 5.74) is 1.96. The normalized spacial score (nSPS) is 17.1. The third-order valence-corrected chi connectivity index (χ3v) is 3.16. The summed E-state index contributed by atoms with van der Waals surface area (Å²) in [6.07, 6.45) is 0. The van der Waals surface area contributed by atoms with Crippen LogP contribution in [0.25, 0.3) is 4.85 Å². The van der Waals surface area contributed by atoms with Gasteiger partial charge in [-0.1, -0.05) is 19.1 Å². The molecule has 84 valence electrons. The Morgan fingerprint density at radius 1 is 1.12 bits per heavy atom. The van der Waals surface area contributed by atoms with E-state index in [2.05, 4.69) is 33.7 Å². The first kappa shape index (κ1) is 11.0. The van der Waals surface area contributed by atoms with Gasteiger partial charge in [-0.05, 0) is 18.7 Å². The Bertz CT molecular complexity index is 369. The number of likely N-dealkylation sites (N-methyl/N-ethyl adjacent to an activating group) is 1. The second-order valence-corrected chi connectivity index (χ2v) is 4.05. The van der Waals surface area contributed by atoms with Crippen molar-refractivity contribution in [2.45, 2.75) is 6.92 Å². The number of benzene rings is 1. The third kappa shape index (κ3) is 2.34. The van der Waals surface area contributed by atoms with Crippen LogP contribution in [0.1, 0.15) is 6.92 Å². The molecule has 1 fully saturated rings. The summed E-state index contributed by atoms with van der Waals surface area (Å²) in [6, 6.07) is 7.90. The molecule has 0 N–H and O–H groups in total. The van der Waals surface area contributed by atoms with E-state index in [9.17, 15) is 0 Å². The van der Waals surface area contributed by atoms with Crippen LogP contribution >= 0.6 is 0 Å². The monoisotopic (exact) mass is 215 g/mol. The van der Waals surface area contributed by atoms with Crippen LogP contribution in [0.2, 0.25) is 0 Å². The summed E-state index contributed by atoms with van der Waals surface area (Å²) >= 11 is 0. The lowest BCUT2D eigenvalue weighted by atomic mass is 10.2. The van der Waals surface area contributed by atoms with Crippen LogP contribution in [0.5, 0.6) is 0 Å². The molecule has 16 heavy (non-hydrogen) atoms. The smallest absolute Gasteiger partial charge is 0.187 e. The van der Waals surface area contributed by atoms with Crippen molar-refractivity contribution >= 4 is 11.4 Å². The molecule has 1 aromatic carbocycles. The highest BCUT2D eigenvalue weighted by molar-refractivity contribution is 5.55. The van der Waals surface area contributed by atoms with Gasteiger partial charge in [0.1, 0.15) is 0 Å². The summed E-state index contributed by atoms with van der Waals surface area (Å²) in [7, 11) is 0. The molecule has 0 saturated carbocycles. The molecule has 0 aliphatic carbocycles. The van der Waals surface area contributed by atoms with Gasteiger partial charge < -0.3 is 9.80 Å². The minimum Gasteiger partial charge on any atom is -0.369 e. The summed E-state index contributed by atoms with van der Waals surface area (Å²) in [6.45, 7) is 14.7. The van der Waals surface area contributed by atoms with Gasteiger partial charge in [0, 0.05) is 31.9 Å². The van der Waals surface area contributed by atoms with Gasteiger partial charge in [0.2, 0.25) is 0 Å². The van der Waals surface area contributed by atoms with Crippen molar-refractivity contribution in [1.29, 1.82) is 0 Å². The number of nitrogens with zero attached hydrogens (tertiary/aromatic N) is 3. The van der Waals surface area contributed by atoms with Crippen molar-refractivity contribution in [1.82, 2.24) is 4.90 Å². The van der Waals surface area contributed by atoms with Crippen molar-refractivity contribution in [2.24, 2.45) is 0 Å². The number of hydrogen-bond donors (Lipinski definition) is 0. The van der Waals surface area contributed by atoms with Crippen LogP contribution in [0.4, 0.5) is 11.4 Å². The van der Waals surface area contributed by atoms with Crippen LogP contribution in [0.15, 0.2) is 24.3 Å². The van der Waals surface area contributed by atoms with Gasteiger partial charge in [0.25, 0.3) is 0 Å². The molecule has 0 amide bonds. The SMILES string of the molecule is [C-]#[N+]c1ccc(N2CCN(CC)CC2)cc1. The van der Waals surface area contributed by atoms with Crippen LogP contribution in [0, 0.1) is 6.57 Å². The maximum atomic E-state index is 6.91. The van der Waals surface area contributed by atoms with E-state index in [1.54, 1.807) is 0 Å². The molecule has 0 unspecified atom stereocenters. The third-order valence-electron chi connectivity index (χ3n) is 3.16. The zero-order valence-electron chi connectivity index (χ0n) is 9.69. The van der Waals surface area contributed by atoms with E-state index < -0.39 is 0 Å². The van der Waals surface area contributed by atoms with Gasteiger partial charge in [0.05, 0.1) is 6.57 Å². The lowest BCUT2D eigenvalue weighted by molar-refractivity contribution is 0.271. The summed E-state index contributed by atoms with van der Waals surface area (Å²) in [5.74, 6) is 0. The zero-order valence-corrected chi connectivity index (χ0v) is 9.69. The fourth-order valence-electron chi connectivity index (χ4n) is 2.06. The summed E-state index contributed by atoms with van der Waals surface area (Å²) in [5, 5.41) is 0. The van der Waals surface area contributed by atoms with Crippen LogP contribution in [0.3, 0.4) is 0 Å². The Balaban J connectivity index is 2.00. The molecule has 0 atom stereocenters. The quantitative estimate of drug-likeness (QED) is 0.701. The highest BCUT2D eigenvalue weighted by Gasteiger charge is 2.15. The van der Waals surface area contributed by atoms with Crippen LogP contribution < -0.4 is 4.90 Å². The van der Waals surface area contributed by atoms with Gasteiger partial charge in [0.15, 0.2) is 5.69 Å². The molecule has 1 aliphatic heterocycles. The highest BCUT2D eigenvalue weighted by atomic mass is 15.3. The first-order chi connectivity index (χ1) is 7.83. The predicted molar refractivity (Wildman–Crippen MR) is 67.0 cm³/mol. The molecule has 0 bridgehead atoms. The van der Waals surface area contributed by atoms with E-state index in [4.69, 9.17) is 6.57 Å². The molecule has 1 aliphatic rings. The number of hydrogen-bond acceptors (Lipinski definition) is 2. The minimum atomic E-state index is 0.718. The largest absolute Gasteiger partial charge is 0.369 e. The second-order valence-electron chi connectivity index (χ2n) is 4.05. The van der Waals surface area contributed by atoms with Crippen molar-refractivity contribution in [3.8, 4) is 0 Å². The van der Waals surface area contributed by atoms with E-state index in [1.807, 2.05) is 12.1 Å². The Labute approximate surface area is 97.1 Å². The average molecular weight is 215 g/mol. The molecule has 3 heteroatoms. The molecule has 0 aromatic heterocycles. The lowest BCUT2D eigenvalue weighted by Gasteiger charge is -2.35. The second kappa shape index (κ2) is 5.00. The maximum Gasteiger partial charge on any atom is 0.187 e. The number of piperazine rings is 1. The number of anilines is 1. The fraction of sp³-hybridized carbons (Fsp3) is 0.462. The van der Waals surface area contributed by atoms with Gasteiger partial charge in [-0.3, -0.25) is 0 Å². The summed E-state index contributed by atoms with van der Waals surface area (Å²) < 4.78 is 0. The molecule has 1 saturated heterocycles. The summed E-state index contributed by atoms with van der Waals surface area (Å²) in [4.78, 5) is 8.26. The van der Waals surface area contributed by atoms with Crippen molar-refractivity contribution in [3.63, 3.8) is 0 Å². The maximum absolute atomic E-state index is 6.91. The molecule has 2 rings (SSSR count). The Morgan fingerprint density at radius 2 is 1.75 bits per heavy atom. The Morgan fingerprint density at radius 3 is 2.25 bits per heavy atom. The molecule has 0 radical (unpaired) electrons. The first-order valence-corrected chi connectivity index (χ1v) is 5.78. The molecular formula is C13H17N3. The predicted octanol–water partition coefficient (Wildman–Crippen LogP) is 2.38. The van der Waals surface area contributed by atoms with E-state index in [0.29, 0.717) is 0 Å². The van der Waals surface area contributed by atoms with Gasteiger partial charge >= 0.3 is 0 Å². The Kier molecular flexibility index (Phi) is 3.43. The lowest BCUT2D eigenvalue weighted by Crippen LogP contribution is -2.46. The van der Waals surface area contributed by atoms with Crippen molar-refractivity contribution in [2.75, 3.05) is 37.6 Å². The molecule has 0 spiro atoms. The minimum absolute atomic E-state index is 0.718.